The number of amides is 1. The van der Waals surface area contributed by atoms with Gasteiger partial charge in [0.2, 0.25) is 5.91 Å². The smallest absolute Gasteiger partial charge is 0.251 e. The van der Waals surface area contributed by atoms with Crippen molar-refractivity contribution >= 4 is 29.4 Å². The molecule has 0 spiro atoms. The van der Waals surface area contributed by atoms with Crippen molar-refractivity contribution in [3.8, 4) is 0 Å². The van der Waals surface area contributed by atoms with Crippen LogP contribution in [0, 0.1) is 0 Å². The summed E-state index contributed by atoms with van der Waals surface area (Å²) in [6, 6.07) is 1.53. The summed E-state index contributed by atoms with van der Waals surface area (Å²) in [6.45, 7) is 7.44. The van der Waals surface area contributed by atoms with Gasteiger partial charge in [0.15, 0.2) is 5.16 Å². The van der Waals surface area contributed by atoms with E-state index in [0.29, 0.717) is 24.0 Å². The van der Waals surface area contributed by atoms with Crippen LogP contribution in [-0.2, 0) is 10.5 Å². The molecule has 21 heavy (non-hydrogen) atoms. The maximum atomic E-state index is 11.9. The minimum absolute atomic E-state index is 0.0680. The zero-order valence-electron chi connectivity index (χ0n) is 12.8. The second kappa shape index (κ2) is 9.89. The number of aromatic amines is 1. The van der Waals surface area contributed by atoms with Crippen LogP contribution in [0.3, 0.4) is 0 Å². The van der Waals surface area contributed by atoms with Gasteiger partial charge in [-0.05, 0) is 26.0 Å². The van der Waals surface area contributed by atoms with Gasteiger partial charge in [0, 0.05) is 24.9 Å². The van der Waals surface area contributed by atoms with Crippen molar-refractivity contribution in [1.29, 1.82) is 0 Å². The van der Waals surface area contributed by atoms with Gasteiger partial charge in [-0.3, -0.25) is 9.59 Å². The minimum atomic E-state index is -0.158. The SMILES string of the molecule is CCCSCc1cc(=O)[nH]c(SCC(=O)N(CC)CC)n1. The maximum absolute atomic E-state index is 11.9. The van der Waals surface area contributed by atoms with E-state index < -0.39 is 0 Å². The fraction of sp³-hybridized carbons (Fsp3) is 0.643. The molecule has 7 heteroatoms. The molecule has 0 radical (unpaired) electrons. The van der Waals surface area contributed by atoms with Crippen molar-refractivity contribution in [2.24, 2.45) is 0 Å². The van der Waals surface area contributed by atoms with E-state index in [1.807, 2.05) is 13.8 Å². The van der Waals surface area contributed by atoms with Crippen LogP contribution in [0.25, 0.3) is 0 Å². The Morgan fingerprint density at radius 3 is 2.67 bits per heavy atom. The zero-order chi connectivity index (χ0) is 15.7. The Morgan fingerprint density at radius 2 is 2.05 bits per heavy atom. The van der Waals surface area contributed by atoms with Gasteiger partial charge in [0.25, 0.3) is 5.56 Å². The monoisotopic (exact) mass is 329 g/mol. The van der Waals surface area contributed by atoms with Crippen molar-refractivity contribution in [2.75, 3.05) is 24.6 Å². The van der Waals surface area contributed by atoms with Gasteiger partial charge in [-0.2, -0.15) is 11.8 Å². The number of nitrogens with zero attached hydrogens (tertiary/aromatic N) is 2. The number of hydrogen-bond donors (Lipinski definition) is 1. The number of carbonyl (C=O) groups is 1. The number of hydrogen-bond acceptors (Lipinski definition) is 5. The normalized spacial score (nSPS) is 10.6. The summed E-state index contributed by atoms with van der Waals surface area (Å²) in [7, 11) is 0. The molecule has 1 amide bonds. The van der Waals surface area contributed by atoms with Crippen LogP contribution < -0.4 is 5.56 Å². The summed E-state index contributed by atoms with van der Waals surface area (Å²) in [5, 5.41) is 0.523. The Morgan fingerprint density at radius 1 is 1.33 bits per heavy atom. The molecule has 1 N–H and O–H groups in total. The molecule has 0 saturated heterocycles. The number of thioether (sulfide) groups is 2. The van der Waals surface area contributed by atoms with Crippen LogP contribution in [0.15, 0.2) is 16.0 Å². The molecular formula is C14H23N3O2S2. The second-order valence-electron chi connectivity index (χ2n) is 4.45. The van der Waals surface area contributed by atoms with Gasteiger partial charge in [0.05, 0.1) is 11.4 Å². The van der Waals surface area contributed by atoms with Gasteiger partial charge >= 0.3 is 0 Å². The van der Waals surface area contributed by atoms with Gasteiger partial charge < -0.3 is 9.88 Å². The van der Waals surface area contributed by atoms with E-state index in [2.05, 4.69) is 16.9 Å². The third kappa shape index (κ3) is 6.56. The Labute approximate surface area is 134 Å². The zero-order valence-corrected chi connectivity index (χ0v) is 14.5. The molecule has 1 aromatic heterocycles. The molecule has 0 aromatic carbocycles. The fourth-order valence-electron chi connectivity index (χ4n) is 1.74. The fourth-order valence-corrected chi connectivity index (χ4v) is 3.33. The third-order valence-electron chi connectivity index (χ3n) is 2.82. The first-order valence-corrected chi connectivity index (χ1v) is 9.33. The second-order valence-corrected chi connectivity index (χ2v) is 6.52. The molecule has 0 aliphatic rings. The molecule has 5 nitrogen and oxygen atoms in total. The third-order valence-corrected chi connectivity index (χ3v) is 4.87. The molecule has 0 aliphatic carbocycles. The molecule has 0 saturated carbocycles. The molecule has 1 aromatic rings. The van der Waals surface area contributed by atoms with E-state index in [1.54, 1.807) is 16.7 Å². The van der Waals surface area contributed by atoms with Gasteiger partial charge in [-0.1, -0.05) is 18.7 Å². The van der Waals surface area contributed by atoms with E-state index >= 15 is 0 Å². The van der Waals surface area contributed by atoms with Gasteiger partial charge in [-0.25, -0.2) is 4.98 Å². The number of rotatable bonds is 9. The maximum Gasteiger partial charge on any atom is 0.251 e. The first kappa shape index (κ1) is 18.1. The van der Waals surface area contributed by atoms with Gasteiger partial charge in [-0.15, -0.1) is 0 Å². The highest BCUT2D eigenvalue weighted by Crippen LogP contribution is 2.15. The van der Waals surface area contributed by atoms with Crippen LogP contribution >= 0.6 is 23.5 Å². The quantitative estimate of drug-likeness (QED) is 0.428. The van der Waals surface area contributed by atoms with Crippen LogP contribution in [0.4, 0.5) is 0 Å². The Balaban J connectivity index is 2.62. The Kier molecular flexibility index (Phi) is 8.52. The molecule has 1 heterocycles. The van der Waals surface area contributed by atoms with Crippen LogP contribution in [0.1, 0.15) is 32.9 Å². The molecule has 1 rings (SSSR count). The molecule has 118 valence electrons. The number of aromatic nitrogens is 2. The number of nitrogens with one attached hydrogen (secondary N) is 1. The lowest BCUT2D eigenvalue weighted by Crippen LogP contribution is -2.32. The van der Waals surface area contributed by atoms with Crippen molar-refractivity contribution in [2.45, 2.75) is 38.1 Å². The number of carbonyl (C=O) groups excluding carboxylic acids is 1. The predicted molar refractivity (Wildman–Crippen MR) is 90.0 cm³/mol. The van der Waals surface area contributed by atoms with E-state index in [-0.39, 0.29) is 11.5 Å². The highest BCUT2D eigenvalue weighted by atomic mass is 32.2. The highest BCUT2D eigenvalue weighted by molar-refractivity contribution is 7.99. The summed E-state index contributed by atoms with van der Waals surface area (Å²) in [4.78, 5) is 32.4. The lowest BCUT2D eigenvalue weighted by Gasteiger charge is -2.17. The average Bonchev–Trinajstić information content (AvgIpc) is 2.46. The molecule has 0 unspecified atom stereocenters. The van der Waals surface area contributed by atoms with Gasteiger partial charge in [0.1, 0.15) is 0 Å². The van der Waals surface area contributed by atoms with E-state index in [1.165, 1.54) is 17.8 Å². The van der Waals surface area contributed by atoms with E-state index in [9.17, 15) is 9.59 Å². The van der Waals surface area contributed by atoms with Crippen LogP contribution in [0.5, 0.6) is 0 Å². The average molecular weight is 329 g/mol. The standard InChI is InChI=1S/C14H23N3O2S2/c1-4-7-20-9-11-8-12(18)16-14(15-11)21-10-13(19)17(5-2)6-3/h8H,4-7,9-10H2,1-3H3,(H,15,16,18). The van der Waals surface area contributed by atoms with Crippen molar-refractivity contribution in [3.63, 3.8) is 0 Å². The summed E-state index contributed by atoms with van der Waals surface area (Å²) in [5.41, 5.74) is 0.616. The van der Waals surface area contributed by atoms with Crippen LogP contribution in [-0.4, -0.2) is 45.4 Å². The lowest BCUT2D eigenvalue weighted by molar-refractivity contribution is -0.127. The topological polar surface area (TPSA) is 66.1 Å². The first-order valence-electron chi connectivity index (χ1n) is 7.19. The van der Waals surface area contributed by atoms with E-state index in [4.69, 9.17) is 0 Å². The summed E-state index contributed by atoms with van der Waals surface area (Å²) >= 11 is 3.05. The van der Waals surface area contributed by atoms with E-state index in [0.717, 1.165) is 23.6 Å². The summed E-state index contributed by atoms with van der Waals surface area (Å²) < 4.78 is 0. The van der Waals surface area contributed by atoms with Crippen LogP contribution in [0.2, 0.25) is 0 Å². The Bertz CT molecular complexity index is 501. The summed E-state index contributed by atoms with van der Waals surface area (Å²) in [5.74, 6) is 2.15. The molecule has 0 fully saturated rings. The first-order chi connectivity index (χ1) is 10.1. The number of H-pyrrole nitrogens is 1. The highest BCUT2D eigenvalue weighted by Gasteiger charge is 2.11. The minimum Gasteiger partial charge on any atom is -0.343 e. The van der Waals surface area contributed by atoms with Crippen molar-refractivity contribution < 1.29 is 4.79 Å². The molecule has 0 atom stereocenters. The summed E-state index contributed by atoms with van der Waals surface area (Å²) in [6.07, 6.45) is 1.10. The Hall–Kier alpha value is -0.950. The lowest BCUT2D eigenvalue weighted by atomic mass is 10.5. The van der Waals surface area contributed by atoms with Crippen molar-refractivity contribution in [3.05, 3.63) is 22.1 Å². The van der Waals surface area contributed by atoms with Crippen molar-refractivity contribution in [1.82, 2.24) is 14.9 Å². The molecule has 0 aliphatic heterocycles. The predicted octanol–water partition coefficient (Wildman–Crippen LogP) is 2.37. The largest absolute Gasteiger partial charge is 0.343 e. The molecular weight excluding hydrogens is 306 g/mol. The molecule has 0 bridgehead atoms.